The largest absolute Gasteiger partial charge is 0.469 e. The van der Waals surface area contributed by atoms with Crippen molar-refractivity contribution in [2.45, 2.75) is 12.8 Å². The van der Waals surface area contributed by atoms with Gasteiger partial charge in [0.15, 0.2) is 5.11 Å². The maximum absolute atomic E-state index is 11.5. The van der Waals surface area contributed by atoms with Crippen LogP contribution in [0.15, 0.2) is 18.2 Å². The number of esters is 1. The quantitative estimate of drug-likeness (QED) is 0.654. The number of thiocarbonyl (C=S) groups is 1. The number of halogens is 2. The molecule has 0 aromatic heterocycles. The van der Waals surface area contributed by atoms with Crippen LogP contribution in [0.3, 0.4) is 0 Å². The van der Waals surface area contributed by atoms with Crippen LogP contribution in [0.5, 0.6) is 0 Å². The summed E-state index contributed by atoms with van der Waals surface area (Å²) in [6, 6.07) is 4.82. The number of hydrogen-bond donors (Lipinski definition) is 2. The van der Waals surface area contributed by atoms with Gasteiger partial charge in [-0.05, 0) is 30.4 Å². The van der Waals surface area contributed by atoms with E-state index in [2.05, 4.69) is 15.4 Å². The number of nitrogens with one attached hydrogen (secondary N) is 2. The van der Waals surface area contributed by atoms with Gasteiger partial charge in [0, 0.05) is 11.4 Å². The molecule has 0 radical (unpaired) electrons. The summed E-state index contributed by atoms with van der Waals surface area (Å²) in [6.45, 7) is 0. The molecule has 20 heavy (non-hydrogen) atoms. The van der Waals surface area contributed by atoms with Crippen molar-refractivity contribution in [3.8, 4) is 0 Å². The second-order valence-electron chi connectivity index (χ2n) is 3.70. The van der Waals surface area contributed by atoms with Crippen LogP contribution < -0.4 is 10.6 Å². The Kier molecular flexibility index (Phi) is 6.70. The highest BCUT2D eigenvalue weighted by Gasteiger charge is 2.09. The third-order valence-electron chi connectivity index (χ3n) is 2.21. The summed E-state index contributed by atoms with van der Waals surface area (Å²) in [5.74, 6) is -0.858. The van der Waals surface area contributed by atoms with Crippen LogP contribution in [0.25, 0.3) is 0 Å². The lowest BCUT2D eigenvalue weighted by atomic mass is 10.3. The molecule has 1 aromatic rings. The number of rotatable bonds is 4. The molecule has 108 valence electrons. The van der Waals surface area contributed by atoms with Gasteiger partial charge in [-0.25, -0.2) is 0 Å². The van der Waals surface area contributed by atoms with Crippen molar-refractivity contribution in [2.75, 3.05) is 12.4 Å². The second-order valence-corrected chi connectivity index (χ2v) is 4.95. The molecule has 0 spiro atoms. The van der Waals surface area contributed by atoms with Crippen molar-refractivity contribution in [3.05, 3.63) is 28.2 Å². The normalized spacial score (nSPS) is 9.75. The first-order valence-electron chi connectivity index (χ1n) is 5.55. The zero-order chi connectivity index (χ0) is 15.1. The number of amides is 1. The highest BCUT2D eigenvalue weighted by Crippen LogP contribution is 2.25. The number of hydrogen-bond acceptors (Lipinski definition) is 4. The van der Waals surface area contributed by atoms with Gasteiger partial charge in [0.2, 0.25) is 5.91 Å². The van der Waals surface area contributed by atoms with Gasteiger partial charge in [-0.15, -0.1) is 0 Å². The van der Waals surface area contributed by atoms with Crippen molar-refractivity contribution < 1.29 is 14.3 Å². The van der Waals surface area contributed by atoms with E-state index >= 15 is 0 Å². The summed E-state index contributed by atoms with van der Waals surface area (Å²) in [7, 11) is 1.26. The smallest absolute Gasteiger partial charge is 0.306 e. The number of benzene rings is 1. The van der Waals surface area contributed by atoms with Crippen LogP contribution in [0.4, 0.5) is 5.69 Å². The molecule has 0 unspecified atom stereocenters. The molecule has 0 atom stereocenters. The number of anilines is 1. The molecule has 0 heterocycles. The van der Waals surface area contributed by atoms with E-state index in [4.69, 9.17) is 35.4 Å². The molecule has 2 N–H and O–H groups in total. The molecule has 0 aliphatic carbocycles. The van der Waals surface area contributed by atoms with Gasteiger partial charge in [-0.2, -0.15) is 0 Å². The number of carbonyl (C=O) groups excluding carboxylic acids is 2. The average Bonchev–Trinajstić information content (AvgIpc) is 2.40. The van der Waals surface area contributed by atoms with E-state index in [9.17, 15) is 9.59 Å². The highest BCUT2D eigenvalue weighted by molar-refractivity contribution is 7.80. The predicted molar refractivity (Wildman–Crippen MR) is 82.1 cm³/mol. The minimum absolute atomic E-state index is 0.0110. The third-order valence-corrected chi connectivity index (χ3v) is 2.98. The topological polar surface area (TPSA) is 67.4 Å². The van der Waals surface area contributed by atoms with Crippen LogP contribution in [0, 0.1) is 0 Å². The van der Waals surface area contributed by atoms with Gasteiger partial charge in [-0.1, -0.05) is 23.2 Å². The van der Waals surface area contributed by atoms with Crippen LogP contribution in [-0.4, -0.2) is 24.1 Å². The fourth-order valence-electron chi connectivity index (χ4n) is 1.25. The molecule has 0 saturated heterocycles. The molecule has 0 saturated carbocycles. The minimum atomic E-state index is -0.461. The van der Waals surface area contributed by atoms with Crippen molar-refractivity contribution in [3.63, 3.8) is 0 Å². The van der Waals surface area contributed by atoms with E-state index < -0.39 is 11.9 Å². The van der Waals surface area contributed by atoms with Crippen LogP contribution in [0.2, 0.25) is 10.0 Å². The Hall–Kier alpha value is -1.37. The van der Waals surface area contributed by atoms with E-state index in [0.29, 0.717) is 15.7 Å². The maximum atomic E-state index is 11.5. The third kappa shape index (κ3) is 5.73. The zero-order valence-electron chi connectivity index (χ0n) is 10.5. The van der Waals surface area contributed by atoms with E-state index in [1.165, 1.54) is 7.11 Å². The Morgan fingerprint density at radius 2 is 2.00 bits per heavy atom. The first kappa shape index (κ1) is 16.7. The van der Waals surface area contributed by atoms with Gasteiger partial charge >= 0.3 is 5.97 Å². The van der Waals surface area contributed by atoms with Gasteiger partial charge in [0.1, 0.15) is 0 Å². The molecule has 1 rings (SSSR count). The summed E-state index contributed by atoms with van der Waals surface area (Å²) in [6.07, 6.45) is -0.0271. The zero-order valence-corrected chi connectivity index (χ0v) is 12.9. The lowest BCUT2D eigenvalue weighted by Gasteiger charge is -2.11. The fraction of sp³-hybridized carbons (Fsp3) is 0.250. The fourth-order valence-corrected chi connectivity index (χ4v) is 1.81. The molecule has 1 aromatic carbocycles. The van der Waals surface area contributed by atoms with E-state index in [0.717, 1.165) is 0 Å². The summed E-state index contributed by atoms with van der Waals surface area (Å²) in [5.41, 5.74) is 0.484. The summed E-state index contributed by atoms with van der Waals surface area (Å²) >= 11 is 16.7. The van der Waals surface area contributed by atoms with Gasteiger partial charge in [-0.3, -0.25) is 9.59 Å². The molecular formula is C12H12Cl2N2O3S. The van der Waals surface area contributed by atoms with Crippen molar-refractivity contribution in [1.29, 1.82) is 0 Å². The molecule has 0 aliphatic rings. The lowest BCUT2D eigenvalue weighted by Crippen LogP contribution is -2.34. The summed E-state index contributed by atoms with van der Waals surface area (Å²) < 4.78 is 4.43. The first-order valence-corrected chi connectivity index (χ1v) is 6.71. The van der Waals surface area contributed by atoms with Gasteiger partial charge < -0.3 is 15.4 Å². The second kappa shape index (κ2) is 8.04. The Labute approximate surface area is 131 Å². The van der Waals surface area contributed by atoms with Crippen LogP contribution in [0.1, 0.15) is 12.8 Å². The molecule has 1 amide bonds. The molecule has 0 bridgehead atoms. The van der Waals surface area contributed by atoms with Gasteiger partial charge in [0.25, 0.3) is 0 Å². The number of methoxy groups -OCH3 is 1. The van der Waals surface area contributed by atoms with Crippen LogP contribution in [-0.2, 0) is 14.3 Å². The first-order chi connectivity index (χ1) is 9.42. The number of ether oxygens (including phenoxy) is 1. The van der Waals surface area contributed by atoms with E-state index in [-0.39, 0.29) is 18.0 Å². The predicted octanol–water partition coefficient (Wildman–Crippen LogP) is 2.76. The summed E-state index contributed by atoms with van der Waals surface area (Å²) in [4.78, 5) is 22.4. The molecule has 5 nitrogen and oxygen atoms in total. The van der Waals surface area contributed by atoms with Crippen molar-refractivity contribution >= 4 is 58.1 Å². The lowest BCUT2D eigenvalue weighted by molar-refractivity contribution is -0.142. The molecular weight excluding hydrogens is 323 g/mol. The van der Waals surface area contributed by atoms with Gasteiger partial charge in [0.05, 0.1) is 24.2 Å². The SMILES string of the molecule is COC(=O)CCC(=O)NC(=S)Nc1cc(Cl)ccc1Cl. The van der Waals surface area contributed by atoms with E-state index in [1.54, 1.807) is 18.2 Å². The summed E-state index contributed by atoms with van der Waals surface area (Å²) in [5, 5.41) is 6.15. The van der Waals surface area contributed by atoms with Crippen molar-refractivity contribution in [2.24, 2.45) is 0 Å². The Balaban J connectivity index is 2.49. The average molecular weight is 335 g/mol. The monoisotopic (exact) mass is 334 g/mol. The van der Waals surface area contributed by atoms with Crippen molar-refractivity contribution in [1.82, 2.24) is 5.32 Å². The van der Waals surface area contributed by atoms with Crippen LogP contribution >= 0.6 is 35.4 Å². The maximum Gasteiger partial charge on any atom is 0.306 e. The highest BCUT2D eigenvalue weighted by atomic mass is 35.5. The Bertz CT molecular complexity index is 537. The molecule has 8 heteroatoms. The Morgan fingerprint density at radius 3 is 2.65 bits per heavy atom. The van der Waals surface area contributed by atoms with E-state index in [1.807, 2.05) is 0 Å². The standard InChI is InChI=1S/C12H12Cl2N2O3S/c1-19-11(18)5-4-10(17)16-12(20)15-9-6-7(13)2-3-8(9)14/h2-3,6H,4-5H2,1H3,(H2,15,16,17,20). The number of carbonyl (C=O) groups is 2. The minimum Gasteiger partial charge on any atom is -0.469 e. The molecule has 0 aliphatic heterocycles. The molecule has 0 fully saturated rings. The Morgan fingerprint density at radius 1 is 1.30 bits per heavy atom.